The van der Waals surface area contributed by atoms with E-state index < -0.39 is 12.0 Å². The van der Waals surface area contributed by atoms with Gasteiger partial charge in [-0.1, -0.05) is 13.3 Å². The minimum Gasteiger partial charge on any atom is -0.480 e. The van der Waals surface area contributed by atoms with Crippen molar-refractivity contribution in [3.8, 4) is 0 Å². The fourth-order valence-electron chi connectivity index (χ4n) is 1.25. The number of nitrogens with zero attached hydrogens (tertiary/aromatic N) is 2. The van der Waals surface area contributed by atoms with Crippen molar-refractivity contribution >= 4 is 5.97 Å². The van der Waals surface area contributed by atoms with Gasteiger partial charge in [-0.25, -0.2) is 4.79 Å². The van der Waals surface area contributed by atoms with Crippen LogP contribution in [0.1, 0.15) is 31.4 Å². The molecular formula is C9H14N2O2. The van der Waals surface area contributed by atoms with Crippen molar-refractivity contribution in [1.82, 2.24) is 9.78 Å². The summed E-state index contributed by atoms with van der Waals surface area (Å²) in [6, 6.07) is -0.515. The topological polar surface area (TPSA) is 55.1 Å². The quantitative estimate of drug-likeness (QED) is 0.769. The summed E-state index contributed by atoms with van der Waals surface area (Å²) >= 11 is 0. The lowest BCUT2D eigenvalue weighted by molar-refractivity contribution is -0.141. The standard InChI is InChI=1S/C9H14N2O2/c1-3-4-8(9(12)13)11-6-7(2)5-10-11/h5-6,8H,3-4H2,1-2H3,(H,12,13). The number of rotatable bonds is 4. The maximum atomic E-state index is 10.8. The van der Waals surface area contributed by atoms with E-state index in [1.807, 2.05) is 13.8 Å². The first-order valence-electron chi connectivity index (χ1n) is 4.38. The third-order valence-electron chi connectivity index (χ3n) is 1.90. The first-order valence-corrected chi connectivity index (χ1v) is 4.38. The highest BCUT2D eigenvalue weighted by atomic mass is 16.4. The number of hydrogen-bond acceptors (Lipinski definition) is 2. The lowest BCUT2D eigenvalue weighted by Crippen LogP contribution is -2.19. The van der Waals surface area contributed by atoms with Crippen LogP contribution in [-0.2, 0) is 4.79 Å². The lowest BCUT2D eigenvalue weighted by Gasteiger charge is -2.10. The van der Waals surface area contributed by atoms with Gasteiger partial charge in [0.25, 0.3) is 0 Å². The van der Waals surface area contributed by atoms with Crippen LogP contribution in [0.25, 0.3) is 0 Å². The fraction of sp³-hybridized carbons (Fsp3) is 0.556. The fourth-order valence-corrected chi connectivity index (χ4v) is 1.25. The van der Waals surface area contributed by atoms with E-state index >= 15 is 0 Å². The summed E-state index contributed by atoms with van der Waals surface area (Å²) in [5.41, 5.74) is 0.988. The highest BCUT2D eigenvalue weighted by molar-refractivity contribution is 5.71. The largest absolute Gasteiger partial charge is 0.480 e. The maximum Gasteiger partial charge on any atom is 0.328 e. The third kappa shape index (κ3) is 2.31. The molecule has 0 aliphatic carbocycles. The van der Waals surface area contributed by atoms with E-state index in [0.29, 0.717) is 6.42 Å². The van der Waals surface area contributed by atoms with Crippen LogP contribution < -0.4 is 0 Å². The molecule has 0 spiro atoms. The van der Waals surface area contributed by atoms with Crippen LogP contribution in [0.3, 0.4) is 0 Å². The average molecular weight is 182 g/mol. The molecule has 0 aliphatic heterocycles. The third-order valence-corrected chi connectivity index (χ3v) is 1.90. The molecular weight excluding hydrogens is 168 g/mol. The van der Waals surface area contributed by atoms with Gasteiger partial charge in [0, 0.05) is 6.20 Å². The van der Waals surface area contributed by atoms with Gasteiger partial charge in [-0.05, 0) is 18.9 Å². The number of aromatic nitrogens is 2. The number of hydrogen-bond donors (Lipinski definition) is 1. The Morgan fingerprint density at radius 1 is 1.77 bits per heavy atom. The Labute approximate surface area is 77.2 Å². The first-order chi connectivity index (χ1) is 6.15. The molecule has 13 heavy (non-hydrogen) atoms. The summed E-state index contributed by atoms with van der Waals surface area (Å²) in [6.07, 6.45) is 4.90. The van der Waals surface area contributed by atoms with Crippen molar-refractivity contribution in [1.29, 1.82) is 0 Å². The van der Waals surface area contributed by atoms with E-state index in [0.717, 1.165) is 12.0 Å². The van der Waals surface area contributed by atoms with E-state index in [2.05, 4.69) is 5.10 Å². The van der Waals surface area contributed by atoms with Crippen LogP contribution >= 0.6 is 0 Å². The highest BCUT2D eigenvalue weighted by Crippen LogP contribution is 2.13. The number of aryl methyl sites for hydroxylation is 1. The predicted molar refractivity (Wildman–Crippen MR) is 48.5 cm³/mol. The van der Waals surface area contributed by atoms with Gasteiger partial charge in [-0.15, -0.1) is 0 Å². The smallest absolute Gasteiger partial charge is 0.328 e. The Morgan fingerprint density at radius 2 is 2.46 bits per heavy atom. The molecule has 1 heterocycles. The molecule has 0 amide bonds. The Balaban J connectivity index is 2.81. The van der Waals surface area contributed by atoms with Gasteiger partial charge in [0.15, 0.2) is 0 Å². The molecule has 4 nitrogen and oxygen atoms in total. The van der Waals surface area contributed by atoms with E-state index in [9.17, 15) is 4.79 Å². The van der Waals surface area contributed by atoms with Crippen LogP contribution in [0, 0.1) is 6.92 Å². The number of aliphatic carboxylic acids is 1. The van der Waals surface area contributed by atoms with Gasteiger partial charge in [0.05, 0.1) is 6.20 Å². The molecule has 1 rings (SSSR count). The van der Waals surface area contributed by atoms with E-state index in [1.54, 1.807) is 12.4 Å². The molecule has 1 aromatic rings. The molecule has 0 saturated heterocycles. The molecule has 72 valence electrons. The lowest BCUT2D eigenvalue weighted by atomic mass is 10.2. The normalized spacial score (nSPS) is 12.8. The van der Waals surface area contributed by atoms with Gasteiger partial charge >= 0.3 is 5.97 Å². The van der Waals surface area contributed by atoms with Crippen molar-refractivity contribution in [2.75, 3.05) is 0 Å². The highest BCUT2D eigenvalue weighted by Gasteiger charge is 2.18. The molecule has 0 saturated carbocycles. The molecule has 0 bridgehead atoms. The van der Waals surface area contributed by atoms with Gasteiger partial charge in [0.2, 0.25) is 0 Å². The summed E-state index contributed by atoms with van der Waals surface area (Å²) in [4.78, 5) is 10.8. The minimum atomic E-state index is -0.815. The molecule has 1 unspecified atom stereocenters. The second kappa shape index (κ2) is 4.07. The van der Waals surface area contributed by atoms with Gasteiger partial charge < -0.3 is 5.11 Å². The summed E-state index contributed by atoms with van der Waals surface area (Å²) in [6.45, 7) is 3.86. The zero-order valence-electron chi connectivity index (χ0n) is 7.90. The Kier molecular flexibility index (Phi) is 3.06. The summed E-state index contributed by atoms with van der Waals surface area (Å²) < 4.78 is 1.52. The Bertz CT molecular complexity index is 294. The second-order valence-electron chi connectivity index (χ2n) is 3.14. The molecule has 1 aromatic heterocycles. The average Bonchev–Trinajstić information content (AvgIpc) is 2.46. The molecule has 4 heteroatoms. The van der Waals surface area contributed by atoms with Crippen LogP contribution in [0.15, 0.2) is 12.4 Å². The van der Waals surface area contributed by atoms with Gasteiger partial charge in [0.1, 0.15) is 6.04 Å². The van der Waals surface area contributed by atoms with Crippen molar-refractivity contribution in [2.45, 2.75) is 32.7 Å². The Morgan fingerprint density at radius 3 is 2.85 bits per heavy atom. The zero-order valence-corrected chi connectivity index (χ0v) is 7.90. The molecule has 1 N–H and O–H groups in total. The van der Waals surface area contributed by atoms with Crippen molar-refractivity contribution in [3.63, 3.8) is 0 Å². The van der Waals surface area contributed by atoms with Gasteiger partial charge in [-0.2, -0.15) is 5.10 Å². The SMILES string of the molecule is CCCC(C(=O)O)n1cc(C)cn1. The van der Waals surface area contributed by atoms with Crippen molar-refractivity contribution in [2.24, 2.45) is 0 Å². The van der Waals surface area contributed by atoms with E-state index in [4.69, 9.17) is 5.11 Å². The van der Waals surface area contributed by atoms with Crippen molar-refractivity contribution in [3.05, 3.63) is 18.0 Å². The molecule has 1 atom stereocenters. The van der Waals surface area contributed by atoms with Crippen LogP contribution in [0.4, 0.5) is 0 Å². The summed E-state index contributed by atoms with van der Waals surface area (Å²) in [5.74, 6) is -0.815. The van der Waals surface area contributed by atoms with Crippen molar-refractivity contribution < 1.29 is 9.90 Å². The van der Waals surface area contributed by atoms with Crippen LogP contribution in [0.2, 0.25) is 0 Å². The summed E-state index contributed by atoms with van der Waals surface area (Å²) in [5, 5.41) is 12.9. The van der Waals surface area contributed by atoms with E-state index in [-0.39, 0.29) is 0 Å². The van der Waals surface area contributed by atoms with Crippen LogP contribution in [0.5, 0.6) is 0 Å². The molecule has 0 aliphatic rings. The monoisotopic (exact) mass is 182 g/mol. The predicted octanol–water partition coefficient (Wildman–Crippen LogP) is 1.62. The van der Waals surface area contributed by atoms with Gasteiger partial charge in [-0.3, -0.25) is 4.68 Å². The minimum absolute atomic E-state index is 0.515. The number of carboxylic acids is 1. The van der Waals surface area contributed by atoms with Crippen LogP contribution in [-0.4, -0.2) is 20.9 Å². The first kappa shape index (κ1) is 9.77. The second-order valence-corrected chi connectivity index (χ2v) is 3.14. The van der Waals surface area contributed by atoms with E-state index in [1.165, 1.54) is 4.68 Å². The molecule has 0 radical (unpaired) electrons. The Hall–Kier alpha value is -1.32. The maximum absolute atomic E-state index is 10.8. The summed E-state index contributed by atoms with van der Waals surface area (Å²) in [7, 11) is 0. The number of carboxylic acid groups (broad SMARTS) is 1. The molecule has 0 fully saturated rings. The molecule has 0 aromatic carbocycles. The zero-order chi connectivity index (χ0) is 9.84. The number of carbonyl (C=O) groups is 1.